The number of thiazole rings is 1. The molecule has 1 saturated carbocycles. The Morgan fingerprint density at radius 1 is 1.14 bits per heavy atom. The van der Waals surface area contributed by atoms with Gasteiger partial charge in [0.2, 0.25) is 17.7 Å². The maximum absolute atomic E-state index is 12.5. The summed E-state index contributed by atoms with van der Waals surface area (Å²) in [6, 6.07) is 7.31. The standard InChI is InChI=1S/C20H20ClN3O3S/c21-13-7-5-12(6-8-13)16-11-28-20(22-16)23-17(25)9-10-24-18(26)14-3-1-2-4-15(14)19(24)27/h5-8,11,14-15H,1-4,9-10H2,(H,22,23,25)/t14-,15+. The predicted octanol–water partition coefficient (Wildman–Crippen LogP) is 3.97. The van der Waals surface area contributed by atoms with Crippen molar-refractivity contribution in [3.05, 3.63) is 34.7 Å². The van der Waals surface area contributed by atoms with E-state index in [0.717, 1.165) is 36.9 Å². The summed E-state index contributed by atoms with van der Waals surface area (Å²) >= 11 is 7.22. The maximum Gasteiger partial charge on any atom is 0.233 e. The number of nitrogens with one attached hydrogen (secondary N) is 1. The Morgan fingerprint density at radius 3 is 2.43 bits per heavy atom. The number of hydrogen-bond acceptors (Lipinski definition) is 5. The van der Waals surface area contributed by atoms with E-state index in [4.69, 9.17) is 11.6 Å². The highest BCUT2D eigenvalue weighted by Gasteiger charge is 2.47. The third-order valence-corrected chi connectivity index (χ3v) is 6.40. The second kappa shape index (κ2) is 8.01. The Kier molecular flexibility index (Phi) is 5.46. The van der Waals surface area contributed by atoms with Crippen LogP contribution in [0.5, 0.6) is 0 Å². The number of carbonyl (C=O) groups excluding carboxylic acids is 3. The van der Waals surface area contributed by atoms with Crippen molar-refractivity contribution in [2.24, 2.45) is 11.8 Å². The molecule has 2 aliphatic rings. The van der Waals surface area contributed by atoms with Gasteiger partial charge in [-0.25, -0.2) is 4.98 Å². The molecule has 6 nitrogen and oxygen atoms in total. The van der Waals surface area contributed by atoms with E-state index in [1.54, 1.807) is 12.1 Å². The summed E-state index contributed by atoms with van der Waals surface area (Å²) in [5.41, 5.74) is 1.67. The van der Waals surface area contributed by atoms with E-state index in [-0.39, 0.29) is 42.5 Å². The summed E-state index contributed by atoms with van der Waals surface area (Å²) in [4.78, 5) is 42.9. The van der Waals surface area contributed by atoms with Crippen molar-refractivity contribution in [1.29, 1.82) is 0 Å². The molecule has 4 rings (SSSR count). The minimum absolute atomic E-state index is 0.0762. The molecule has 0 spiro atoms. The normalized spacial score (nSPS) is 21.7. The van der Waals surface area contributed by atoms with Crippen LogP contribution < -0.4 is 5.32 Å². The molecule has 0 radical (unpaired) electrons. The summed E-state index contributed by atoms with van der Waals surface area (Å²) in [6.07, 6.45) is 3.63. The van der Waals surface area contributed by atoms with Crippen LogP contribution in [0.1, 0.15) is 32.1 Å². The van der Waals surface area contributed by atoms with Crippen molar-refractivity contribution in [2.75, 3.05) is 11.9 Å². The Labute approximate surface area is 171 Å². The van der Waals surface area contributed by atoms with Gasteiger partial charge < -0.3 is 5.32 Å². The van der Waals surface area contributed by atoms with Gasteiger partial charge in [-0.15, -0.1) is 11.3 Å². The highest BCUT2D eigenvalue weighted by molar-refractivity contribution is 7.14. The number of likely N-dealkylation sites (tertiary alicyclic amines) is 1. The van der Waals surface area contributed by atoms with E-state index in [9.17, 15) is 14.4 Å². The van der Waals surface area contributed by atoms with E-state index in [2.05, 4.69) is 10.3 Å². The highest BCUT2D eigenvalue weighted by Crippen LogP contribution is 2.38. The van der Waals surface area contributed by atoms with Crippen LogP contribution in [-0.4, -0.2) is 34.2 Å². The van der Waals surface area contributed by atoms with Gasteiger partial charge in [0, 0.05) is 28.9 Å². The summed E-state index contributed by atoms with van der Waals surface area (Å²) in [6.45, 7) is 0.131. The largest absolute Gasteiger partial charge is 0.302 e. The molecule has 2 heterocycles. The van der Waals surface area contributed by atoms with E-state index in [1.165, 1.54) is 16.2 Å². The number of aromatic nitrogens is 1. The van der Waals surface area contributed by atoms with Crippen LogP contribution in [0.25, 0.3) is 11.3 Å². The van der Waals surface area contributed by atoms with E-state index in [0.29, 0.717) is 10.2 Å². The summed E-state index contributed by atoms with van der Waals surface area (Å²) in [5, 5.41) is 5.75. The third-order valence-electron chi connectivity index (χ3n) is 5.39. The van der Waals surface area contributed by atoms with Crippen molar-refractivity contribution >= 4 is 45.8 Å². The fourth-order valence-electron chi connectivity index (χ4n) is 3.93. The minimum atomic E-state index is -0.257. The van der Waals surface area contributed by atoms with Crippen molar-refractivity contribution in [3.63, 3.8) is 0 Å². The monoisotopic (exact) mass is 417 g/mol. The lowest BCUT2D eigenvalue weighted by Crippen LogP contribution is -2.34. The molecular formula is C20H20ClN3O3S. The summed E-state index contributed by atoms with van der Waals surface area (Å²) in [5.74, 6) is -0.827. The molecule has 3 amide bonds. The maximum atomic E-state index is 12.5. The van der Waals surface area contributed by atoms with Crippen molar-refractivity contribution in [2.45, 2.75) is 32.1 Å². The number of halogens is 1. The summed E-state index contributed by atoms with van der Waals surface area (Å²) < 4.78 is 0. The SMILES string of the molecule is O=C(CCN1C(=O)[C@H]2CCCC[C@H]2C1=O)Nc1nc(-c2ccc(Cl)cc2)cs1. The number of carbonyl (C=O) groups is 3. The van der Waals surface area contributed by atoms with E-state index in [1.807, 2.05) is 17.5 Å². The predicted molar refractivity (Wildman–Crippen MR) is 108 cm³/mol. The fourth-order valence-corrected chi connectivity index (χ4v) is 4.79. The zero-order valence-electron chi connectivity index (χ0n) is 15.2. The van der Waals surface area contributed by atoms with Crippen LogP contribution in [0.3, 0.4) is 0 Å². The number of nitrogens with zero attached hydrogens (tertiary/aromatic N) is 2. The van der Waals surface area contributed by atoms with Crippen LogP contribution in [0.2, 0.25) is 5.02 Å². The molecule has 8 heteroatoms. The van der Waals surface area contributed by atoms with Gasteiger partial charge in [0.1, 0.15) is 0 Å². The molecule has 1 aromatic carbocycles. The zero-order chi connectivity index (χ0) is 19.7. The van der Waals surface area contributed by atoms with Gasteiger partial charge in [0.25, 0.3) is 0 Å². The van der Waals surface area contributed by atoms with Crippen LogP contribution in [0, 0.1) is 11.8 Å². The number of amides is 3. The fraction of sp³-hybridized carbons (Fsp3) is 0.400. The van der Waals surface area contributed by atoms with Crippen molar-refractivity contribution < 1.29 is 14.4 Å². The molecule has 2 atom stereocenters. The molecule has 1 saturated heterocycles. The number of rotatable bonds is 5. The zero-order valence-corrected chi connectivity index (χ0v) is 16.8. The molecular weight excluding hydrogens is 398 g/mol. The van der Waals surface area contributed by atoms with Crippen molar-refractivity contribution in [1.82, 2.24) is 9.88 Å². The van der Waals surface area contributed by atoms with Gasteiger partial charge in [0.15, 0.2) is 5.13 Å². The molecule has 146 valence electrons. The number of imide groups is 1. The third kappa shape index (κ3) is 3.82. The molecule has 1 aliphatic carbocycles. The van der Waals surface area contributed by atoms with Gasteiger partial charge in [0.05, 0.1) is 17.5 Å². The molecule has 1 aliphatic heterocycles. The summed E-state index contributed by atoms with van der Waals surface area (Å²) in [7, 11) is 0. The lowest BCUT2D eigenvalue weighted by molar-refractivity contribution is -0.140. The van der Waals surface area contributed by atoms with Gasteiger partial charge in [-0.2, -0.15) is 0 Å². The first-order valence-corrected chi connectivity index (χ1v) is 10.7. The molecule has 2 aromatic rings. The number of benzene rings is 1. The molecule has 28 heavy (non-hydrogen) atoms. The Hall–Kier alpha value is -2.25. The smallest absolute Gasteiger partial charge is 0.233 e. The van der Waals surface area contributed by atoms with Crippen LogP contribution in [-0.2, 0) is 14.4 Å². The second-order valence-electron chi connectivity index (χ2n) is 7.17. The molecule has 2 fully saturated rings. The number of anilines is 1. The van der Waals surface area contributed by atoms with Gasteiger partial charge in [-0.05, 0) is 25.0 Å². The van der Waals surface area contributed by atoms with E-state index >= 15 is 0 Å². The molecule has 1 aromatic heterocycles. The first-order chi connectivity index (χ1) is 13.5. The molecule has 0 bridgehead atoms. The Balaban J connectivity index is 1.33. The average Bonchev–Trinajstić information content (AvgIpc) is 3.25. The van der Waals surface area contributed by atoms with Crippen LogP contribution in [0.4, 0.5) is 5.13 Å². The number of hydrogen-bond donors (Lipinski definition) is 1. The average molecular weight is 418 g/mol. The Bertz CT molecular complexity index is 888. The van der Waals surface area contributed by atoms with Crippen LogP contribution in [0.15, 0.2) is 29.6 Å². The van der Waals surface area contributed by atoms with E-state index < -0.39 is 0 Å². The van der Waals surface area contributed by atoms with Crippen LogP contribution >= 0.6 is 22.9 Å². The highest BCUT2D eigenvalue weighted by atomic mass is 35.5. The lowest BCUT2D eigenvalue weighted by atomic mass is 9.81. The van der Waals surface area contributed by atoms with Gasteiger partial charge >= 0.3 is 0 Å². The van der Waals surface area contributed by atoms with Gasteiger partial charge in [-0.1, -0.05) is 36.6 Å². The quantitative estimate of drug-likeness (QED) is 0.746. The van der Waals surface area contributed by atoms with Crippen molar-refractivity contribution in [3.8, 4) is 11.3 Å². The second-order valence-corrected chi connectivity index (χ2v) is 8.46. The first-order valence-electron chi connectivity index (χ1n) is 9.39. The molecule has 0 unspecified atom stereocenters. The lowest BCUT2D eigenvalue weighted by Gasteiger charge is -2.19. The van der Waals surface area contributed by atoms with Gasteiger partial charge in [-0.3, -0.25) is 19.3 Å². The number of fused-ring (bicyclic) bond motifs is 1. The molecule has 1 N–H and O–H groups in total. The topological polar surface area (TPSA) is 79.4 Å². The minimum Gasteiger partial charge on any atom is -0.302 e. The first kappa shape index (κ1) is 19.1. The Morgan fingerprint density at radius 2 is 1.79 bits per heavy atom.